The number of aromatic hydroxyl groups is 1. The number of rotatable bonds is 4. The summed E-state index contributed by atoms with van der Waals surface area (Å²) in [6.45, 7) is 0. The summed E-state index contributed by atoms with van der Waals surface area (Å²) in [5.74, 6) is 0.739. The van der Waals surface area contributed by atoms with Crippen molar-refractivity contribution >= 4 is 5.78 Å². The van der Waals surface area contributed by atoms with Crippen LogP contribution < -0.4 is 4.74 Å². The zero-order valence-electron chi connectivity index (χ0n) is 10.1. The van der Waals surface area contributed by atoms with Crippen molar-refractivity contribution < 1.29 is 14.6 Å². The van der Waals surface area contributed by atoms with Crippen molar-refractivity contribution in [2.24, 2.45) is 0 Å². The molecule has 3 nitrogen and oxygen atoms in total. The van der Waals surface area contributed by atoms with Gasteiger partial charge in [0.15, 0.2) is 5.78 Å². The van der Waals surface area contributed by atoms with E-state index >= 15 is 0 Å². The van der Waals surface area contributed by atoms with Gasteiger partial charge in [-0.25, -0.2) is 0 Å². The standard InChI is InChI=1S/C15H14O3/c1-18-15-8-7-13(16)9-12(15)10-14(17)11-5-3-2-4-6-11/h2-9,16H,10H2,1H3. The SMILES string of the molecule is COc1ccc(O)cc1CC(=O)c1ccccc1. The van der Waals surface area contributed by atoms with Crippen LogP contribution in [0.2, 0.25) is 0 Å². The monoisotopic (exact) mass is 242 g/mol. The highest BCUT2D eigenvalue weighted by Crippen LogP contribution is 2.24. The number of ether oxygens (including phenoxy) is 1. The lowest BCUT2D eigenvalue weighted by Crippen LogP contribution is -2.04. The Morgan fingerprint density at radius 3 is 2.56 bits per heavy atom. The van der Waals surface area contributed by atoms with Crippen molar-refractivity contribution in [2.75, 3.05) is 7.11 Å². The van der Waals surface area contributed by atoms with E-state index in [0.717, 1.165) is 0 Å². The molecule has 2 rings (SSSR count). The van der Waals surface area contributed by atoms with Crippen LogP contribution in [0.3, 0.4) is 0 Å². The van der Waals surface area contributed by atoms with Gasteiger partial charge in [0.05, 0.1) is 7.11 Å². The lowest BCUT2D eigenvalue weighted by Gasteiger charge is -2.08. The third-order valence-electron chi connectivity index (χ3n) is 2.71. The molecule has 0 atom stereocenters. The minimum Gasteiger partial charge on any atom is -0.508 e. The second kappa shape index (κ2) is 5.36. The molecule has 0 fully saturated rings. The molecular weight excluding hydrogens is 228 g/mol. The molecule has 0 amide bonds. The number of hydrogen-bond donors (Lipinski definition) is 1. The minimum absolute atomic E-state index is 0.000463. The van der Waals surface area contributed by atoms with Gasteiger partial charge >= 0.3 is 0 Å². The molecule has 0 saturated heterocycles. The summed E-state index contributed by atoms with van der Waals surface area (Å²) >= 11 is 0. The number of phenolic OH excluding ortho intramolecular Hbond substituents is 1. The Bertz CT molecular complexity index is 547. The fourth-order valence-electron chi connectivity index (χ4n) is 1.80. The van der Waals surface area contributed by atoms with Gasteiger partial charge in [0.25, 0.3) is 0 Å². The van der Waals surface area contributed by atoms with E-state index in [1.165, 1.54) is 6.07 Å². The number of hydrogen-bond acceptors (Lipinski definition) is 3. The molecule has 0 aromatic heterocycles. The molecule has 0 aliphatic carbocycles. The normalized spacial score (nSPS) is 10.1. The van der Waals surface area contributed by atoms with Gasteiger partial charge in [-0.1, -0.05) is 30.3 Å². The third kappa shape index (κ3) is 2.69. The summed E-state index contributed by atoms with van der Waals surface area (Å²) in [5, 5.41) is 9.45. The minimum atomic E-state index is -0.000463. The Morgan fingerprint density at radius 1 is 1.17 bits per heavy atom. The van der Waals surface area contributed by atoms with E-state index in [4.69, 9.17) is 4.74 Å². The summed E-state index contributed by atoms with van der Waals surface area (Å²) < 4.78 is 5.17. The number of phenols is 1. The Balaban J connectivity index is 2.24. The topological polar surface area (TPSA) is 46.5 Å². The molecule has 0 heterocycles. The van der Waals surface area contributed by atoms with E-state index < -0.39 is 0 Å². The van der Waals surface area contributed by atoms with Crippen molar-refractivity contribution in [3.8, 4) is 11.5 Å². The van der Waals surface area contributed by atoms with Gasteiger partial charge in [-0.05, 0) is 18.2 Å². The molecule has 2 aromatic carbocycles. The maximum atomic E-state index is 12.1. The molecule has 1 N–H and O–H groups in total. The maximum Gasteiger partial charge on any atom is 0.167 e. The third-order valence-corrected chi connectivity index (χ3v) is 2.71. The Labute approximate surface area is 106 Å². The van der Waals surface area contributed by atoms with E-state index in [9.17, 15) is 9.90 Å². The molecule has 0 saturated carbocycles. The highest BCUT2D eigenvalue weighted by molar-refractivity contribution is 5.97. The van der Waals surface area contributed by atoms with Gasteiger partial charge in [-0.15, -0.1) is 0 Å². The number of methoxy groups -OCH3 is 1. The molecule has 18 heavy (non-hydrogen) atoms. The second-order valence-electron chi connectivity index (χ2n) is 3.96. The van der Waals surface area contributed by atoms with E-state index in [-0.39, 0.29) is 18.0 Å². The lowest BCUT2D eigenvalue weighted by molar-refractivity contribution is 0.0992. The van der Waals surface area contributed by atoms with Crippen LogP contribution in [-0.4, -0.2) is 18.0 Å². The number of benzene rings is 2. The van der Waals surface area contributed by atoms with Gasteiger partial charge in [0.1, 0.15) is 11.5 Å². The molecule has 2 aromatic rings. The van der Waals surface area contributed by atoms with Crippen LogP contribution in [0.25, 0.3) is 0 Å². The highest BCUT2D eigenvalue weighted by Gasteiger charge is 2.11. The van der Waals surface area contributed by atoms with Crippen LogP contribution in [-0.2, 0) is 6.42 Å². The van der Waals surface area contributed by atoms with Crippen molar-refractivity contribution in [3.05, 3.63) is 59.7 Å². The molecule has 0 bridgehead atoms. The molecule has 3 heteroatoms. The molecular formula is C15H14O3. The summed E-state index contributed by atoms with van der Waals surface area (Å²) in [5.41, 5.74) is 1.34. The smallest absolute Gasteiger partial charge is 0.167 e. The number of ketones is 1. The van der Waals surface area contributed by atoms with E-state index in [0.29, 0.717) is 16.9 Å². The first-order valence-electron chi connectivity index (χ1n) is 5.65. The van der Waals surface area contributed by atoms with Crippen LogP contribution in [0.1, 0.15) is 15.9 Å². The second-order valence-corrected chi connectivity index (χ2v) is 3.96. The van der Waals surface area contributed by atoms with Crippen LogP contribution in [0.15, 0.2) is 48.5 Å². The van der Waals surface area contributed by atoms with Crippen LogP contribution in [0.4, 0.5) is 0 Å². The quantitative estimate of drug-likeness (QED) is 0.838. The molecule has 0 spiro atoms. The van der Waals surface area contributed by atoms with Crippen molar-refractivity contribution in [1.29, 1.82) is 0 Å². The average Bonchev–Trinajstić information content (AvgIpc) is 2.40. The van der Waals surface area contributed by atoms with E-state index in [1.807, 2.05) is 18.2 Å². The van der Waals surface area contributed by atoms with Crippen LogP contribution >= 0.6 is 0 Å². The summed E-state index contributed by atoms with van der Waals surface area (Å²) in [4.78, 5) is 12.1. The molecule has 0 aliphatic rings. The van der Waals surface area contributed by atoms with Crippen molar-refractivity contribution in [3.63, 3.8) is 0 Å². The van der Waals surface area contributed by atoms with Gasteiger partial charge in [0.2, 0.25) is 0 Å². The summed E-state index contributed by atoms with van der Waals surface area (Å²) in [6.07, 6.45) is 0.210. The maximum absolute atomic E-state index is 12.1. The summed E-state index contributed by atoms with van der Waals surface area (Å²) in [6, 6.07) is 13.8. The van der Waals surface area contributed by atoms with Crippen LogP contribution in [0, 0.1) is 0 Å². The zero-order valence-corrected chi connectivity index (χ0v) is 10.1. The fourth-order valence-corrected chi connectivity index (χ4v) is 1.80. The first-order chi connectivity index (χ1) is 8.70. The van der Waals surface area contributed by atoms with Crippen LogP contribution in [0.5, 0.6) is 11.5 Å². The van der Waals surface area contributed by atoms with Gasteiger partial charge in [0, 0.05) is 17.5 Å². The molecule has 92 valence electrons. The Kier molecular flexibility index (Phi) is 3.63. The number of carbonyl (C=O) groups excluding carboxylic acids is 1. The van der Waals surface area contributed by atoms with E-state index in [1.54, 1.807) is 31.4 Å². The number of Topliss-reactive ketones (excluding diaryl/α,β-unsaturated/α-hetero) is 1. The first kappa shape index (κ1) is 12.2. The van der Waals surface area contributed by atoms with Gasteiger partial charge < -0.3 is 9.84 Å². The first-order valence-corrected chi connectivity index (χ1v) is 5.65. The fraction of sp³-hybridized carbons (Fsp3) is 0.133. The van der Waals surface area contributed by atoms with Crippen molar-refractivity contribution in [2.45, 2.75) is 6.42 Å². The van der Waals surface area contributed by atoms with Gasteiger partial charge in [-0.3, -0.25) is 4.79 Å². The van der Waals surface area contributed by atoms with E-state index in [2.05, 4.69) is 0 Å². The predicted octanol–water partition coefficient (Wildman–Crippen LogP) is 2.83. The zero-order chi connectivity index (χ0) is 13.0. The molecule has 0 radical (unpaired) electrons. The lowest BCUT2D eigenvalue weighted by atomic mass is 10.0. The summed E-state index contributed by atoms with van der Waals surface area (Å²) in [7, 11) is 1.54. The largest absolute Gasteiger partial charge is 0.508 e. The highest BCUT2D eigenvalue weighted by atomic mass is 16.5. The number of carbonyl (C=O) groups is 1. The molecule has 0 unspecified atom stereocenters. The predicted molar refractivity (Wildman–Crippen MR) is 69.1 cm³/mol. The Hall–Kier alpha value is -2.29. The molecule has 0 aliphatic heterocycles. The average molecular weight is 242 g/mol. The Morgan fingerprint density at radius 2 is 1.89 bits per heavy atom. The van der Waals surface area contributed by atoms with Gasteiger partial charge in [-0.2, -0.15) is 0 Å². The van der Waals surface area contributed by atoms with Crippen molar-refractivity contribution in [1.82, 2.24) is 0 Å².